The van der Waals surface area contributed by atoms with Gasteiger partial charge in [-0.3, -0.25) is 4.79 Å². The number of fused-ring (bicyclic) bond motifs is 1. The van der Waals surface area contributed by atoms with Crippen molar-refractivity contribution < 1.29 is 9.53 Å². The number of hydrogen-bond donors (Lipinski definition) is 0. The highest BCUT2D eigenvalue weighted by molar-refractivity contribution is 6.41. The van der Waals surface area contributed by atoms with E-state index < -0.39 is 0 Å². The Balaban J connectivity index is 2.13. The number of carbonyl (C=O) groups is 1. The van der Waals surface area contributed by atoms with Crippen molar-refractivity contribution in [3.05, 3.63) is 63.1 Å². The molecule has 1 aliphatic rings. The highest BCUT2D eigenvalue weighted by Gasteiger charge is 2.24. The normalized spacial score (nSPS) is 12.9. The number of halogens is 2. The predicted octanol–water partition coefficient (Wildman–Crippen LogP) is 4.16. The van der Waals surface area contributed by atoms with E-state index in [9.17, 15) is 4.79 Å². The van der Waals surface area contributed by atoms with Gasteiger partial charge in [-0.15, -0.1) is 0 Å². The Hall–Kier alpha value is -1.51. The van der Waals surface area contributed by atoms with E-state index >= 15 is 0 Å². The third kappa shape index (κ3) is 2.11. The van der Waals surface area contributed by atoms with Crippen LogP contribution in [-0.2, 0) is 6.42 Å². The number of rotatable bonds is 2. The second-order valence-corrected chi connectivity index (χ2v) is 5.13. The molecule has 3 rings (SSSR count). The molecule has 19 heavy (non-hydrogen) atoms. The van der Waals surface area contributed by atoms with Gasteiger partial charge in [0.15, 0.2) is 5.78 Å². The maximum absolute atomic E-state index is 12.6. The van der Waals surface area contributed by atoms with Crippen molar-refractivity contribution in [2.75, 3.05) is 6.61 Å². The molecule has 0 aliphatic carbocycles. The van der Waals surface area contributed by atoms with Gasteiger partial charge in [0.25, 0.3) is 0 Å². The summed E-state index contributed by atoms with van der Waals surface area (Å²) in [6, 6.07) is 10.6. The van der Waals surface area contributed by atoms with E-state index in [0.29, 0.717) is 33.5 Å². The van der Waals surface area contributed by atoms with E-state index in [1.165, 1.54) is 0 Å². The Bertz CT molecular complexity index is 645. The summed E-state index contributed by atoms with van der Waals surface area (Å²) in [4.78, 5) is 12.6. The minimum Gasteiger partial charge on any atom is -0.492 e. The molecule has 0 fully saturated rings. The number of para-hydroxylation sites is 1. The van der Waals surface area contributed by atoms with Crippen molar-refractivity contribution >= 4 is 29.0 Å². The molecule has 0 spiro atoms. The highest BCUT2D eigenvalue weighted by atomic mass is 35.5. The first-order chi connectivity index (χ1) is 9.18. The average molecular weight is 293 g/mol. The molecule has 0 radical (unpaired) electrons. The van der Waals surface area contributed by atoms with Crippen LogP contribution in [0.5, 0.6) is 5.75 Å². The first-order valence-corrected chi connectivity index (χ1v) is 6.67. The molecule has 2 aromatic carbocycles. The van der Waals surface area contributed by atoms with E-state index in [2.05, 4.69) is 0 Å². The molecule has 0 unspecified atom stereocenters. The van der Waals surface area contributed by atoms with Crippen molar-refractivity contribution in [2.45, 2.75) is 6.42 Å². The van der Waals surface area contributed by atoms with Gasteiger partial charge in [0.2, 0.25) is 0 Å². The van der Waals surface area contributed by atoms with Crippen LogP contribution in [0.4, 0.5) is 0 Å². The Morgan fingerprint density at radius 1 is 1.05 bits per heavy atom. The zero-order chi connectivity index (χ0) is 13.4. The van der Waals surface area contributed by atoms with Crippen molar-refractivity contribution in [3.63, 3.8) is 0 Å². The first-order valence-electron chi connectivity index (χ1n) is 5.92. The lowest BCUT2D eigenvalue weighted by Crippen LogP contribution is -2.05. The third-order valence-electron chi connectivity index (χ3n) is 3.15. The molecule has 0 bridgehead atoms. The summed E-state index contributed by atoms with van der Waals surface area (Å²) in [5.74, 6) is 0.456. The highest BCUT2D eigenvalue weighted by Crippen LogP contribution is 2.34. The average Bonchev–Trinajstić information content (AvgIpc) is 2.86. The molecule has 1 heterocycles. The number of hydrogen-bond acceptors (Lipinski definition) is 2. The van der Waals surface area contributed by atoms with E-state index in [-0.39, 0.29) is 5.78 Å². The number of ketones is 1. The van der Waals surface area contributed by atoms with E-state index in [0.717, 1.165) is 12.0 Å². The van der Waals surface area contributed by atoms with Crippen molar-refractivity contribution in [1.82, 2.24) is 0 Å². The van der Waals surface area contributed by atoms with Crippen LogP contribution in [0.15, 0.2) is 36.4 Å². The molecular weight excluding hydrogens is 283 g/mol. The van der Waals surface area contributed by atoms with Crippen molar-refractivity contribution in [3.8, 4) is 5.75 Å². The maximum Gasteiger partial charge on any atom is 0.199 e. The minimum atomic E-state index is -0.200. The fraction of sp³-hybridized carbons (Fsp3) is 0.133. The lowest BCUT2D eigenvalue weighted by atomic mass is 9.99. The molecule has 0 saturated carbocycles. The Morgan fingerprint density at radius 3 is 2.47 bits per heavy atom. The molecule has 4 heteroatoms. The standard InChI is InChI=1S/C15H10Cl2O2/c16-11-5-2-6-12(17)13(11)14(18)10-4-1-3-9-7-8-19-15(9)10/h1-6H,7-8H2. The van der Waals surface area contributed by atoms with E-state index in [4.69, 9.17) is 27.9 Å². The second-order valence-electron chi connectivity index (χ2n) is 4.32. The van der Waals surface area contributed by atoms with Gasteiger partial charge >= 0.3 is 0 Å². The van der Waals surface area contributed by atoms with Gasteiger partial charge in [0, 0.05) is 6.42 Å². The van der Waals surface area contributed by atoms with Gasteiger partial charge in [0.1, 0.15) is 5.75 Å². The van der Waals surface area contributed by atoms with Crippen LogP contribution in [0, 0.1) is 0 Å². The molecule has 0 amide bonds. The van der Waals surface area contributed by atoms with Gasteiger partial charge < -0.3 is 4.74 Å². The summed E-state index contributed by atoms with van der Waals surface area (Å²) in [5.41, 5.74) is 1.90. The largest absolute Gasteiger partial charge is 0.492 e. The van der Waals surface area contributed by atoms with Gasteiger partial charge in [-0.05, 0) is 23.8 Å². The molecule has 0 saturated heterocycles. The van der Waals surface area contributed by atoms with Crippen LogP contribution in [0.25, 0.3) is 0 Å². The topological polar surface area (TPSA) is 26.3 Å². The quantitative estimate of drug-likeness (QED) is 0.777. The molecular formula is C15H10Cl2O2. The van der Waals surface area contributed by atoms with Gasteiger partial charge in [-0.1, -0.05) is 41.4 Å². The predicted molar refractivity (Wildman–Crippen MR) is 75.5 cm³/mol. The molecule has 1 aliphatic heterocycles. The van der Waals surface area contributed by atoms with E-state index in [1.807, 2.05) is 12.1 Å². The Labute approximate surface area is 120 Å². The van der Waals surface area contributed by atoms with Crippen LogP contribution < -0.4 is 4.74 Å². The van der Waals surface area contributed by atoms with E-state index in [1.54, 1.807) is 24.3 Å². The van der Waals surface area contributed by atoms with Crippen LogP contribution in [-0.4, -0.2) is 12.4 Å². The minimum absolute atomic E-state index is 0.200. The lowest BCUT2D eigenvalue weighted by molar-refractivity contribution is 0.103. The zero-order valence-corrected chi connectivity index (χ0v) is 11.5. The fourth-order valence-electron chi connectivity index (χ4n) is 2.24. The third-order valence-corrected chi connectivity index (χ3v) is 3.78. The van der Waals surface area contributed by atoms with Crippen LogP contribution in [0.2, 0.25) is 10.0 Å². The molecule has 0 atom stereocenters. The van der Waals surface area contributed by atoms with Crippen LogP contribution >= 0.6 is 23.2 Å². The second kappa shape index (κ2) is 4.87. The SMILES string of the molecule is O=C(c1cccc2c1OCC2)c1c(Cl)cccc1Cl. The number of benzene rings is 2. The summed E-state index contributed by atoms with van der Waals surface area (Å²) in [7, 11) is 0. The van der Waals surface area contributed by atoms with Gasteiger partial charge in [-0.25, -0.2) is 0 Å². The van der Waals surface area contributed by atoms with Gasteiger partial charge in [0.05, 0.1) is 27.8 Å². The molecule has 2 nitrogen and oxygen atoms in total. The molecule has 2 aromatic rings. The molecule has 0 aromatic heterocycles. The number of ether oxygens (including phenoxy) is 1. The fourth-order valence-corrected chi connectivity index (χ4v) is 2.81. The smallest absolute Gasteiger partial charge is 0.199 e. The maximum atomic E-state index is 12.6. The summed E-state index contributed by atoms with van der Waals surface area (Å²) in [6.45, 7) is 0.607. The molecule has 96 valence electrons. The summed E-state index contributed by atoms with van der Waals surface area (Å²) >= 11 is 12.2. The lowest BCUT2D eigenvalue weighted by Gasteiger charge is -2.09. The van der Waals surface area contributed by atoms with Crippen molar-refractivity contribution in [1.29, 1.82) is 0 Å². The summed E-state index contributed by atoms with van der Waals surface area (Å²) in [6.07, 6.45) is 0.826. The van der Waals surface area contributed by atoms with Crippen LogP contribution in [0.1, 0.15) is 21.5 Å². The zero-order valence-electron chi connectivity index (χ0n) is 9.95. The van der Waals surface area contributed by atoms with Gasteiger partial charge in [-0.2, -0.15) is 0 Å². The molecule has 0 N–H and O–H groups in total. The number of carbonyl (C=O) groups excluding carboxylic acids is 1. The monoisotopic (exact) mass is 292 g/mol. The Kier molecular flexibility index (Phi) is 3.21. The summed E-state index contributed by atoms with van der Waals surface area (Å²) in [5, 5.41) is 0.709. The van der Waals surface area contributed by atoms with Crippen LogP contribution in [0.3, 0.4) is 0 Å². The first kappa shape index (κ1) is 12.5. The summed E-state index contributed by atoms with van der Waals surface area (Å²) < 4.78 is 5.54. The Morgan fingerprint density at radius 2 is 1.74 bits per heavy atom. The van der Waals surface area contributed by atoms with Crippen molar-refractivity contribution in [2.24, 2.45) is 0 Å².